The first-order chi connectivity index (χ1) is 8.56. The molecule has 0 unspecified atom stereocenters. The van der Waals surface area contributed by atoms with E-state index in [1.165, 1.54) is 6.20 Å². The summed E-state index contributed by atoms with van der Waals surface area (Å²) in [4.78, 5) is 14.1. The number of carbonyl (C=O) groups is 1. The van der Waals surface area contributed by atoms with E-state index in [2.05, 4.69) is 5.10 Å². The molecule has 0 amide bonds. The number of ketones is 1. The lowest BCUT2D eigenvalue weighted by Gasteiger charge is -2.11. The number of nitrogens with two attached hydrogens (primary N) is 1. The van der Waals surface area contributed by atoms with Gasteiger partial charge in [0.25, 0.3) is 0 Å². The van der Waals surface area contributed by atoms with Crippen molar-refractivity contribution in [3.05, 3.63) is 16.9 Å². The Morgan fingerprint density at radius 1 is 1.50 bits per heavy atom. The molecule has 6 heteroatoms. The number of aromatic nitrogens is 2. The summed E-state index contributed by atoms with van der Waals surface area (Å²) in [5.74, 6) is 0.0460. The molecule has 0 bridgehead atoms. The first-order valence-corrected chi connectivity index (χ1v) is 6.53. The highest BCUT2D eigenvalue weighted by molar-refractivity contribution is 6.33. The van der Waals surface area contributed by atoms with E-state index in [1.54, 1.807) is 4.68 Å². The molecule has 0 aliphatic rings. The van der Waals surface area contributed by atoms with E-state index in [0.717, 1.165) is 19.4 Å². The van der Waals surface area contributed by atoms with E-state index < -0.39 is 0 Å². The Morgan fingerprint density at radius 2 is 2.22 bits per heavy atom. The summed E-state index contributed by atoms with van der Waals surface area (Å²) < 4.78 is 1.69. The predicted octanol–water partition coefficient (Wildman–Crippen LogP) is 1.41. The number of Topliss-reactive ketones (excluding diaryl/α,β-unsaturated/α-hetero) is 1. The van der Waals surface area contributed by atoms with Crippen LogP contribution >= 0.6 is 11.6 Å². The van der Waals surface area contributed by atoms with Gasteiger partial charge in [0.2, 0.25) is 0 Å². The van der Waals surface area contributed by atoms with Crippen molar-refractivity contribution in [2.45, 2.75) is 25.8 Å². The summed E-state index contributed by atoms with van der Waals surface area (Å²) in [5.41, 5.74) is 5.94. The monoisotopic (exact) mass is 272 g/mol. The van der Waals surface area contributed by atoms with Crippen LogP contribution in [0.5, 0.6) is 0 Å². The maximum Gasteiger partial charge on any atom is 0.182 e. The van der Waals surface area contributed by atoms with E-state index in [9.17, 15) is 4.79 Å². The molecule has 18 heavy (non-hydrogen) atoms. The predicted molar refractivity (Wildman–Crippen MR) is 73.0 cm³/mol. The van der Waals surface area contributed by atoms with Crippen molar-refractivity contribution in [1.82, 2.24) is 14.7 Å². The van der Waals surface area contributed by atoms with Gasteiger partial charge in [-0.2, -0.15) is 5.10 Å². The fourth-order valence-corrected chi connectivity index (χ4v) is 1.90. The van der Waals surface area contributed by atoms with Crippen molar-refractivity contribution in [3.63, 3.8) is 0 Å². The number of likely N-dealkylation sites (N-methyl/N-ethyl adjacent to an activating group) is 1. The molecule has 1 aromatic heterocycles. The van der Waals surface area contributed by atoms with Crippen LogP contribution in [0.15, 0.2) is 6.20 Å². The summed E-state index contributed by atoms with van der Waals surface area (Å²) in [5, 5.41) is 4.59. The van der Waals surface area contributed by atoms with Gasteiger partial charge in [-0.25, -0.2) is 0 Å². The lowest BCUT2D eigenvalue weighted by molar-refractivity contribution is 0.0968. The third-order valence-corrected chi connectivity index (χ3v) is 2.95. The van der Waals surface area contributed by atoms with E-state index in [4.69, 9.17) is 17.3 Å². The molecule has 0 aromatic carbocycles. The lowest BCUT2D eigenvalue weighted by atomic mass is 10.1. The fourth-order valence-electron chi connectivity index (χ4n) is 1.65. The average Bonchev–Trinajstić information content (AvgIpc) is 2.68. The summed E-state index contributed by atoms with van der Waals surface area (Å²) in [7, 11) is 3.96. The third-order valence-electron chi connectivity index (χ3n) is 2.68. The topological polar surface area (TPSA) is 64.2 Å². The lowest BCUT2D eigenvalue weighted by Crippen LogP contribution is -2.21. The third kappa shape index (κ3) is 4.40. The molecule has 1 heterocycles. The van der Waals surface area contributed by atoms with Crippen LogP contribution in [-0.4, -0.2) is 47.6 Å². The zero-order valence-corrected chi connectivity index (χ0v) is 11.8. The molecule has 2 N–H and O–H groups in total. The largest absolute Gasteiger partial charge is 0.330 e. The number of hydrogen-bond acceptors (Lipinski definition) is 4. The Morgan fingerprint density at radius 3 is 2.83 bits per heavy atom. The van der Waals surface area contributed by atoms with E-state index in [-0.39, 0.29) is 5.78 Å². The summed E-state index contributed by atoms with van der Waals surface area (Å²) in [6, 6.07) is 0. The van der Waals surface area contributed by atoms with Crippen LogP contribution in [0, 0.1) is 0 Å². The summed E-state index contributed by atoms with van der Waals surface area (Å²) in [6.07, 6.45) is 3.66. The highest BCUT2D eigenvalue weighted by Crippen LogP contribution is 2.18. The van der Waals surface area contributed by atoms with Crippen molar-refractivity contribution >= 4 is 17.4 Å². The summed E-state index contributed by atoms with van der Waals surface area (Å²) in [6.45, 7) is 2.10. The number of unbranched alkanes of at least 4 members (excludes halogenated alkanes) is 1. The van der Waals surface area contributed by atoms with E-state index in [0.29, 0.717) is 30.2 Å². The van der Waals surface area contributed by atoms with E-state index in [1.807, 2.05) is 19.0 Å². The Bertz CT molecular complexity index is 389. The second kappa shape index (κ2) is 7.51. The van der Waals surface area contributed by atoms with Crippen molar-refractivity contribution < 1.29 is 4.79 Å². The quantitative estimate of drug-likeness (QED) is 0.574. The van der Waals surface area contributed by atoms with Crippen LogP contribution in [0.25, 0.3) is 0 Å². The van der Waals surface area contributed by atoms with Crippen LogP contribution in [-0.2, 0) is 6.54 Å². The van der Waals surface area contributed by atoms with Crippen LogP contribution in [0.2, 0.25) is 5.02 Å². The maximum absolute atomic E-state index is 12.1. The molecule has 1 aromatic rings. The Labute approximate surface area is 113 Å². The van der Waals surface area contributed by atoms with Crippen LogP contribution in [0.3, 0.4) is 0 Å². The van der Waals surface area contributed by atoms with Gasteiger partial charge in [-0.3, -0.25) is 9.48 Å². The van der Waals surface area contributed by atoms with Crippen LogP contribution in [0.4, 0.5) is 0 Å². The average molecular weight is 273 g/mol. The van der Waals surface area contributed by atoms with Gasteiger partial charge >= 0.3 is 0 Å². The molecule has 0 aliphatic carbocycles. The van der Waals surface area contributed by atoms with Crippen LogP contribution in [0.1, 0.15) is 29.8 Å². The van der Waals surface area contributed by atoms with Crippen LogP contribution < -0.4 is 5.73 Å². The molecule has 0 radical (unpaired) electrons. The van der Waals surface area contributed by atoms with Gasteiger partial charge in [0.15, 0.2) is 5.78 Å². The standard InChI is InChI=1S/C12H21ClN4O/c1-16(2)7-8-17-12(10(13)9-15-17)11(18)5-3-4-6-14/h9H,3-8,14H2,1-2H3. The smallest absolute Gasteiger partial charge is 0.182 e. The Kier molecular flexibility index (Phi) is 6.32. The molecule has 0 saturated heterocycles. The molecule has 0 saturated carbocycles. The minimum absolute atomic E-state index is 0.0460. The molecule has 0 fully saturated rings. The Hall–Kier alpha value is -0.910. The molecule has 0 spiro atoms. The minimum Gasteiger partial charge on any atom is -0.330 e. The SMILES string of the molecule is CN(C)CCn1ncc(Cl)c1C(=O)CCCCN. The molecule has 5 nitrogen and oxygen atoms in total. The van der Waals surface area contributed by atoms with Gasteiger partial charge in [-0.1, -0.05) is 11.6 Å². The Balaban J connectivity index is 2.67. The fraction of sp³-hybridized carbons (Fsp3) is 0.667. The molecular weight excluding hydrogens is 252 g/mol. The second-order valence-electron chi connectivity index (χ2n) is 4.54. The van der Waals surface area contributed by atoms with Crippen molar-refractivity contribution in [1.29, 1.82) is 0 Å². The highest BCUT2D eigenvalue weighted by Gasteiger charge is 2.16. The van der Waals surface area contributed by atoms with Crippen molar-refractivity contribution in [2.24, 2.45) is 5.73 Å². The summed E-state index contributed by atoms with van der Waals surface area (Å²) >= 11 is 6.03. The molecule has 102 valence electrons. The molecule has 0 atom stereocenters. The van der Waals surface area contributed by atoms with Gasteiger partial charge in [-0.15, -0.1) is 0 Å². The molecule has 0 aliphatic heterocycles. The number of carbonyl (C=O) groups excluding carboxylic acids is 1. The van der Waals surface area contributed by atoms with Gasteiger partial charge in [0, 0.05) is 13.0 Å². The molecule has 1 rings (SSSR count). The zero-order chi connectivity index (χ0) is 13.5. The number of rotatable bonds is 8. The highest BCUT2D eigenvalue weighted by atomic mass is 35.5. The second-order valence-corrected chi connectivity index (χ2v) is 4.94. The number of nitrogens with zero attached hydrogens (tertiary/aromatic N) is 3. The van der Waals surface area contributed by atoms with Gasteiger partial charge < -0.3 is 10.6 Å². The van der Waals surface area contributed by atoms with Gasteiger partial charge in [0.1, 0.15) is 5.69 Å². The van der Waals surface area contributed by atoms with Gasteiger partial charge in [0.05, 0.1) is 17.8 Å². The first kappa shape index (κ1) is 15.1. The number of hydrogen-bond donors (Lipinski definition) is 1. The zero-order valence-electron chi connectivity index (χ0n) is 11.0. The van der Waals surface area contributed by atoms with Gasteiger partial charge in [-0.05, 0) is 33.5 Å². The van der Waals surface area contributed by atoms with Crippen molar-refractivity contribution in [3.8, 4) is 0 Å². The normalized spacial score (nSPS) is 11.2. The van der Waals surface area contributed by atoms with Crippen molar-refractivity contribution in [2.75, 3.05) is 27.2 Å². The first-order valence-electron chi connectivity index (χ1n) is 6.15. The molecular formula is C12H21ClN4O. The minimum atomic E-state index is 0.0460. The van der Waals surface area contributed by atoms with E-state index >= 15 is 0 Å². The maximum atomic E-state index is 12.1. The number of halogens is 1.